The van der Waals surface area contributed by atoms with Crippen LogP contribution < -0.4 is 10.1 Å². The Morgan fingerprint density at radius 2 is 2.05 bits per heavy atom. The lowest BCUT2D eigenvalue weighted by atomic mass is 10.0. The molecule has 1 unspecified atom stereocenters. The molecule has 1 aromatic carbocycles. The van der Waals surface area contributed by atoms with Gasteiger partial charge in [-0.1, -0.05) is 17.7 Å². The van der Waals surface area contributed by atoms with Crippen LogP contribution in [0.2, 0.25) is 0 Å². The molecular weight excluding hydrogens is 262 g/mol. The van der Waals surface area contributed by atoms with Crippen LogP contribution in [0.3, 0.4) is 0 Å². The van der Waals surface area contributed by atoms with Crippen LogP contribution in [-0.2, 0) is 0 Å². The van der Waals surface area contributed by atoms with Crippen LogP contribution in [-0.4, -0.2) is 63.7 Å². The van der Waals surface area contributed by atoms with Crippen LogP contribution in [0.5, 0.6) is 5.75 Å². The first-order chi connectivity index (χ1) is 10.1. The van der Waals surface area contributed by atoms with Gasteiger partial charge < -0.3 is 19.9 Å². The maximum absolute atomic E-state index is 5.55. The molecule has 118 valence electrons. The number of methoxy groups -OCH3 is 1. The molecule has 1 heterocycles. The van der Waals surface area contributed by atoms with E-state index in [4.69, 9.17) is 4.74 Å². The maximum Gasteiger partial charge on any atom is 0.123 e. The second kappa shape index (κ2) is 7.78. The van der Waals surface area contributed by atoms with Crippen LogP contribution in [0.4, 0.5) is 0 Å². The number of nitrogens with zero attached hydrogens (tertiary/aromatic N) is 2. The summed E-state index contributed by atoms with van der Waals surface area (Å²) in [7, 11) is 6.00. The van der Waals surface area contributed by atoms with Crippen molar-refractivity contribution >= 4 is 0 Å². The van der Waals surface area contributed by atoms with E-state index in [2.05, 4.69) is 47.3 Å². The van der Waals surface area contributed by atoms with Crippen molar-refractivity contribution in [2.75, 3.05) is 53.9 Å². The highest BCUT2D eigenvalue weighted by molar-refractivity contribution is 5.39. The van der Waals surface area contributed by atoms with Crippen molar-refractivity contribution in [1.82, 2.24) is 15.1 Å². The number of nitrogens with one attached hydrogen (secondary N) is 1. The highest BCUT2D eigenvalue weighted by Crippen LogP contribution is 2.27. The Morgan fingerprint density at radius 1 is 1.24 bits per heavy atom. The summed E-state index contributed by atoms with van der Waals surface area (Å²) >= 11 is 0. The zero-order valence-corrected chi connectivity index (χ0v) is 13.9. The number of benzene rings is 1. The molecule has 1 aliphatic rings. The van der Waals surface area contributed by atoms with Crippen molar-refractivity contribution < 1.29 is 4.74 Å². The topological polar surface area (TPSA) is 27.7 Å². The summed E-state index contributed by atoms with van der Waals surface area (Å²) < 4.78 is 5.55. The lowest BCUT2D eigenvalue weighted by Gasteiger charge is -2.27. The molecule has 0 bridgehead atoms. The average molecular weight is 291 g/mol. The minimum atomic E-state index is 0.309. The molecular formula is C17H29N3O. The van der Waals surface area contributed by atoms with Gasteiger partial charge in [-0.15, -0.1) is 0 Å². The standard InChI is InChI=1S/C17H29N3O/c1-14-6-7-17(21-4)15(12-14)16(18-2)13-20-9-5-8-19(3)10-11-20/h6-7,12,16,18H,5,8-11,13H2,1-4H3. The van der Waals surface area contributed by atoms with Crippen molar-refractivity contribution in [1.29, 1.82) is 0 Å². The van der Waals surface area contributed by atoms with Gasteiger partial charge in [-0.2, -0.15) is 0 Å². The predicted molar refractivity (Wildman–Crippen MR) is 88.1 cm³/mol. The zero-order valence-electron chi connectivity index (χ0n) is 13.9. The third kappa shape index (κ3) is 4.43. The van der Waals surface area contributed by atoms with Crippen LogP contribution in [0, 0.1) is 6.92 Å². The van der Waals surface area contributed by atoms with E-state index in [1.54, 1.807) is 7.11 Å². The second-order valence-electron chi connectivity index (χ2n) is 6.04. The molecule has 4 heteroatoms. The summed E-state index contributed by atoms with van der Waals surface area (Å²) in [6.07, 6.45) is 1.25. The molecule has 0 spiro atoms. The Balaban J connectivity index is 2.10. The van der Waals surface area contributed by atoms with Crippen molar-refractivity contribution in [2.45, 2.75) is 19.4 Å². The summed E-state index contributed by atoms with van der Waals surface area (Å²) in [5.74, 6) is 0.979. The van der Waals surface area contributed by atoms with Crippen LogP contribution in [0.1, 0.15) is 23.6 Å². The maximum atomic E-state index is 5.55. The molecule has 0 aliphatic carbocycles. The number of likely N-dealkylation sites (N-methyl/N-ethyl adjacent to an activating group) is 2. The lowest BCUT2D eigenvalue weighted by Crippen LogP contribution is -2.36. The Labute approximate surface area is 129 Å². The van der Waals surface area contributed by atoms with E-state index in [1.165, 1.54) is 30.6 Å². The summed E-state index contributed by atoms with van der Waals surface area (Å²) in [5, 5.41) is 3.46. The van der Waals surface area contributed by atoms with Gasteiger partial charge in [-0.3, -0.25) is 0 Å². The van der Waals surface area contributed by atoms with Gasteiger partial charge in [0.1, 0.15) is 5.75 Å². The minimum absolute atomic E-state index is 0.309. The highest BCUT2D eigenvalue weighted by atomic mass is 16.5. The Kier molecular flexibility index (Phi) is 6.03. The van der Waals surface area contributed by atoms with Gasteiger partial charge in [0.2, 0.25) is 0 Å². The first kappa shape index (κ1) is 16.3. The monoisotopic (exact) mass is 291 g/mol. The van der Waals surface area contributed by atoms with Crippen LogP contribution in [0.25, 0.3) is 0 Å². The second-order valence-corrected chi connectivity index (χ2v) is 6.04. The van der Waals surface area contributed by atoms with Gasteiger partial charge in [-0.05, 0) is 46.6 Å². The molecule has 4 nitrogen and oxygen atoms in total. The van der Waals surface area contributed by atoms with Gasteiger partial charge >= 0.3 is 0 Å². The van der Waals surface area contributed by atoms with E-state index in [0.717, 1.165) is 25.4 Å². The smallest absolute Gasteiger partial charge is 0.123 e. The van der Waals surface area contributed by atoms with E-state index in [1.807, 2.05) is 7.05 Å². The Hall–Kier alpha value is -1.10. The Morgan fingerprint density at radius 3 is 2.76 bits per heavy atom. The first-order valence-corrected chi connectivity index (χ1v) is 7.86. The highest BCUT2D eigenvalue weighted by Gasteiger charge is 2.20. The summed E-state index contributed by atoms with van der Waals surface area (Å²) in [6, 6.07) is 6.73. The third-order valence-corrected chi connectivity index (χ3v) is 4.36. The number of ether oxygens (including phenoxy) is 1. The van der Waals surface area contributed by atoms with Crippen molar-refractivity contribution in [2.24, 2.45) is 0 Å². The minimum Gasteiger partial charge on any atom is -0.496 e. The van der Waals surface area contributed by atoms with E-state index < -0.39 is 0 Å². The SMILES string of the molecule is CNC(CN1CCCN(C)CC1)c1cc(C)ccc1OC. The van der Waals surface area contributed by atoms with E-state index in [9.17, 15) is 0 Å². The summed E-state index contributed by atoms with van der Waals surface area (Å²) in [6.45, 7) is 7.84. The molecule has 1 fully saturated rings. The molecule has 0 saturated carbocycles. The van der Waals surface area contributed by atoms with Crippen molar-refractivity contribution in [3.05, 3.63) is 29.3 Å². The fraction of sp³-hybridized carbons (Fsp3) is 0.647. The van der Waals surface area contributed by atoms with Gasteiger partial charge in [0.25, 0.3) is 0 Å². The number of hydrogen-bond donors (Lipinski definition) is 1. The summed E-state index contributed by atoms with van der Waals surface area (Å²) in [5.41, 5.74) is 2.54. The quantitative estimate of drug-likeness (QED) is 0.897. The van der Waals surface area contributed by atoms with E-state index in [0.29, 0.717) is 6.04 Å². The van der Waals surface area contributed by atoms with E-state index in [-0.39, 0.29) is 0 Å². The predicted octanol–water partition coefficient (Wildman–Crippen LogP) is 1.90. The molecule has 2 rings (SSSR count). The molecule has 1 atom stereocenters. The normalized spacial score (nSPS) is 19.2. The lowest BCUT2D eigenvalue weighted by molar-refractivity contribution is 0.249. The number of rotatable bonds is 5. The first-order valence-electron chi connectivity index (χ1n) is 7.86. The molecule has 1 N–H and O–H groups in total. The molecule has 1 aromatic rings. The van der Waals surface area contributed by atoms with E-state index >= 15 is 0 Å². The number of aryl methyl sites for hydroxylation is 1. The molecule has 1 aliphatic heterocycles. The fourth-order valence-corrected chi connectivity index (χ4v) is 3.01. The molecule has 0 amide bonds. The van der Waals surface area contributed by atoms with Gasteiger partial charge in [0, 0.05) is 31.2 Å². The molecule has 1 saturated heterocycles. The van der Waals surface area contributed by atoms with Gasteiger partial charge in [0.05, 0.1) is 7.11 Å². The van der Waals surface area contributed by atoms with Crippen LogP contribution >= 0.6 is 0 Å². The third-order valence-electron chi connectivity index (χ3n) is 4.36. The summed E-state index contributed by atoms with van der Waals surface area (Å²) in [4.78, 5) is 4.98. The molecule has 21 heavy (non-hydrogen) atoms. The van der Waals surface area contributed by atoms with Crippen molar-refractivity contribution in [3.8, 4) is 5.75 Å². The molecule has 0 radical (unpaired) electrons. The molecule has 0 aromatic heterocycles. The van der Waals surface area contributed by atoms with Gasteiger partial charge in [0.15, 0.2) is 0 Å². The largest absolute Gasteiger partial charge is 0.496 e. The average Bonchev–Trinajstić information content (AvgIpc) is 2.69. The number of hydrogen-bond acceptors (Lipinski definition) is 4. The Bertz CT molecular complexity index is 450. The van der Waals surface area contributed by atoms with Crippen molar-refractivity contribution in [3.63, 3.8) is 0 Å². The van der Waals surface area contributed by atoms with Crippen LogP contribution in [0.15, 0.2) is 18.2 Å². The zero-order chi connectivity index (χ0) is 15.2. The fourth-order valence-electron chi connectivity index (χ4n) is 3.01. The van der Waals surface area contributed by atoms with Gasteiger partial charge in [-0.25, -0.2) is 0 Å².